The van der Waals surface area contributed by atoms with Crippen LogP contribution in [-0.4, -0.2) is 12.3 Å². The predicted molar refractivity (Wildman–Crippen MR) is 29.8 cm³/mol. The molecule has 0 aliphatic heterocycles. The number of hydrogen-bond donors (Lipinski definition) is 0. The maximum Gasteiger partial charge on any atom is 0.0956 e. The number of hydrogen-bond acceptors (Lipinski definition) is 0. The van der Waals surface area contributed by atoms with Gasteiger partial charge in [-0.05, 0) is 6.42 Å². The molecular formula is C4H10FP. The van der Waals surface area contributed by atoms with Crippen molar-refractivity contribution in [1.29, 1.82) is 0 Å². The van der Waals surface area contributed by atoms with Crippen molar-refractivity contribution in [3.05, 3.63) is 0 Å². The van der Waals surface area contributed by atoms with Crippen LogP contribution in [0.5, 0.6) is 0 Å². The summed E-state index contributed by atoms with van der Waals surface area (Å²) in [5, 5.41) is 0. The molecule has 0 aromatic rings. The molecule has 0 aliphatic rings. The molecule has 0 spiro atoms. The van der Waals surface area contributed by atoms with Gasteiger partial charge in [-0.1, -0.05) is 6.92 Å². The quantitative estimate of drug-likeness (QED) is 0.471. The molecule has 0 saturated heterocycles. The molecule has 0 nitrogen and oxygen atoms in total. The molecule has 0 aromatic heterocycles. The maximum atomic E-state index is 11.4. The summed E-state index contributed by atoms with van der Waals surface area (Å²) in [6.45, 7) is 1.76. The zero-order valence-electron chi connectivity index (χ0n) is 3.95. The van der Waals surface area contributed by atoms with Crippen molar-refractivity contribution in [2.24, 2.45) is 0 Å². The zero-order chi connectivity index (χ0) is 4.99. The third-order valence-corrected chi connectivity index (χ3v) is 1.37. The minimum absolute atomic E-state index is 0.185. The highest BCUT2D eigenvalue weighted by molar-refractivity contribution is 7.17. The van der Waals surface area contributed by atoms with Gasteiger partial charge >= 0.3 is 0 Å². The van der Waals surface area contributed by atoms with E-state index in [0.29, 0.717) is 0 Å². The number of halogens is 1. The van der Waals surface area contributed by atoms with Crippen molar-refractivity contribution in [2.45, 2.75) is 19.0 Å². The van der Waals surface area contributed by atoms with Gasteiger partial charge in [-0.15, -0.1) is 9.24 Å². The summed E-state index contributed by atoms with van der Waals surface area (Å²) >= 11 is 0. The van der Waals surface area contributed by atoms with Crippen LogP contribution in [-0.2, 0) is 0 Å². The summed E-state index contributed by atoms with van der Waals surface area (Å²) in [5.74, 6) is 0. The van der Waals surface area contributed by atoms with E-state index in [4.69, 9.17) is 0 Å². The molecular weight excluding hydrogens is 98.0 g/mol. The average Bonchev–Trinajstić information content (AvgIpc) is 1.65. The first kappa shape index (κ1) is 6.36. The molecule has 38 valence electrons. The van der Waals surface area contributed by atoms with Crippen LogP contribution in [0.2, 0.25) is 0 Å². The van der Waals surface area contributed by atoms with Gasteiger partial charge in [0.25, 0.3) is 0 Å². The maximum absolute atomic E-state index is 11.4. The molecule has 0 aromatic carbocycles. The van der Waals surface area contributed by atoms with Crippen molar-refractivity contribution in [2.75, 3.05) is 6.67 Å². The van der Waals surface area contributed by atoms with Crippen LogP contribution in [0.25, 0.3) is 0 Å². The summed E-state index contributed by atoms with van der Waals surface area (Å²) in [5.41, 5.74) is 0.185. The molecule has 2 atom stereocenters. The second-order valence-corrected chi connectivity index (χ2v) is 2.27. The molecule has 0 bridgehead atoms. The Morgan fingerprint density at radius 3 is 2.33 bits per heavy atom. The van der Waals surface area contributed by atoms with E-state index in [-0.39, 0.29) is 12.3 Å². The van der Waals surface area contributed by atoms with E-state index < -0.39 is 0 Å². The molecule has 0 rings (SSSR count). The van der Waals surface area contributed by atoms with Crippen LogP contribution in [0.1, 0.15) is 13.3 Å². The Hall–Kier alpha value is 0.360. The second-order valence-electron chi connectivity index (χ2n) is 1.32. The zero-order valence-corrected chi connectivity index (χ0v) is 5.10. The topological polar surface area (TPSA) is 0 Å². The van der Waals surface area contributed by atoms with Gasteiger partial charge in [-0.2, -0.15) is 0 Å². The molecule has 0 fully saturated rings. The Morgan fingerprint density at radius 2 is 2.33 bits per heavy atom. The summed E-state index contributed by atoms with van der Waals surface area (Å²) in [4.78, 5) is 0. The van der Waals surface area contributed by atoms with Crippen molar-refractivity contribution in [3.8, 4) is 0 Å². The van der Waals surface area contributed by atoms with Crippen LogP contribution in [0, 0.1) is 0 Å². The molecule has 0 aliphatic carbocycles. The van der Waals surface area contributed by atoms with Crippen molar-refractivity contribution in [1.82, 2.24) is 0 Å². The Kier molecular flexibility index (Phi) is 3.76. The number of alkyl halides is 1. The van der Waals surface area contributed by atoms with Crippen LogP contribution in [0.3, 0.4) is 0 Å². The van der Waals surface area contributed by atoms with Crippen LogP contribution in [0.15, 0.2) is 0 Å². The number of rotatable bonds is 2. The summed E-state index contributed by atoms with van der Waals surface area (Å²) in [7, 11) is 2.44. The molecule has 0 N–H and O–H groups in total. The minimum atomic E-state index is -0.207. The fourth-order valence-corrected chi connectivity index (χ4v) is 0.109. The van der Waals surface area contributed by atoms with E-state index >= 15 is 0 Å². The van der Waals surface area contributed by atoms with Crippen molar-refractivity contribution < 1.29 is 4.39 Å². The lowest BCUT2D eigenvalue weighted by Crippen LogP contribution is -1.94. The Morgan fingerprint density at radius 1 is 1.83 bits per heavy atom. The van der Waals surface area contributed by atoms with E-state index in [1.54, 1.807) is 0 Å². The average molecular weight is 108 g/mol. The summed E-state index contributed by atoms with van der Waals surface area (Å²) < 4.78 is 11.4. The lowest BCUT2D eigenvalue weighted by Gasteiger charge is -1.95. The summed E-state index contributed by atoms with van der Waals surface area (Å²) in [6.07, 6.45) is 0.918. The van der Waals surface area contributed by atoms with Gasteiger partial charge < -0.3 is 0 Å². The standard InChI is InChI=1S/C4H10FP/c1-2-4(6)3-5/h4H,2-3,6H2,1H3. The fraction of sp³-hybridized carbons (Fsp3) is 1.00. The van der Waals surface area contributed by atoms with Gasteiger partial charge in [-0.3, -0.25) is 4.39 Å². The molecule has 0 saturated carbocycles. The van der Waals surface area contributed by atoms with Gasteiger partial charge in [-0.25, -0.2) is 0 Å². The smallest absolute Gasteiger partial charge is 0.0956 e. The van der Waals surface area contributed by atoms with Gasteiger partial charge in [0.15, 0.2) is 0 Å². The van der Waals surface area contributed by atoms with Gasteiger partial charge in [0.2, 0.25) is 0 Å². The van der Waals surface area contributed by atoms with E-state index in [1.807, 2.05) is 6.92 Å². The summed E-state index contributed by atoms with van der Waals surface area (Å²) in [6, 6.07) is 0. The first-order chi connectivity index (χ1) is 2.81. The molecule has 2 heteroatoms. The Balaban J connectivity index is 2.75. The first-order valence-corrected chi connectivity index (χ1v) is 2.79. The van der Waals surface area contributed by atoms with Crippen LogP contribution in [0.4, 0.5) is 4.39 Å². The molecule has 0 amide bonds. The monoisotopic (exact) mass is 108 g/mol. The molecule has 2 unspecified atom stereocenters. The Labute approximate surface area is 40.3 Å². The van der Waals surface area contributed by atoms with Crippen LogP contribution < -0.4 is 0 Å². The second kappa shape index (κ2) is 3.55. The largest absolute Gasteiger partial charge is 0.250 e. The fourth-order valence-electron chi connectivity index (χ4n) is 0.109. The predicted octanol–water partition coefficient (Wildman–Crippen LogP) is 1.61. The highest BCUT2D eigenvalue weighted by Gasteiger charge is 1.92. The lowest BCUT2D eigenvalue weighted by atomic mass is 10.4. The van der Waals surface area contributed by atoms with E-state index in [2.05, 4.69) is 9.24 Å². The van der Waals surface area contributed by atoms with E-state index in [0.717, 1.165) is 6.42 Å². The normalized spacial score (nSPS) is 14.5. The molecule has 6 heavy (non-hydrogen) atoms. The van der Waals surface area contributed by atoms with Gasteiger partial charge in [0.1, 0.15) is 0 Å². The third kappa shape index (κ3) is 2.59. The van der Waals surface area contributed by atoms with Crippen molar-refractivity contribution >= 4 is 9.24 Å². The van der Waals surface area contributed by atoms with E-state index in [1.165, 1.54) is 0 Å². The van der Waals surface area contributed by atoms with Gasteiger partial charge in [0.05, 0.1) is 6.67 Å². The third-order valence-electron chi connectivity index (χ3n) is 0.723. The van der Waals surface area contributed by atoms with E-state index in [9.17, 15) is 4.39 Å². The van der Waals surface area contributed by atoms with Gasteiger partial charge in [0, 0.05) is 5.66 Å². The minimum Gasteiger partial charge on any atom is -0.250 e. The lowest BCUT2D eigenvalue weighted by molar-refractivity contribution is 0.477. The SMILES string of the molecule is CCC(P)CF. The molecule has 0 heterocycles. The highest BCUT2D eigenvalue weighted by atomic mass is 31.0. The first-order valence-electron chi connectivity index (χ1n) is 2.12. The highest BCUT2D eigenvalue weighted by Crippen LogP contribution is 2.03. The van der Waals surface area contributed by atoms with Crippen molar-refractivity contribution in [3.63, 3.8) is 0 Å². The van der Waals surface area contributed by atoms with Crippen LogP contribution >= 0.6 is 9.24 Å². The molecule has 0 radical (unpaired) electrons. The Bertz CT molecular complexity index is 26.7.